The van der Waals surface area contributed by atoms with Crippen molar-refractivity contribution in [3.8, 4) is 6.07 Å². The first kappa shape index (κ1) is 16.9. The summed E-state index contributed by atoms with van der Waals surface area (Å²) >= 11 is 5.74. The molecule has 0 spiro atoms. The van der Waals surface area contributed by atoms with Crippen LogP contribution in [0.2, 0.25) is 5.15 Å². The molecule has 1 aromatic heterocycles. The maximum Gasteiger partial charge on any atom is 0.228 e. The van der Waals surface area contributed by atoms with Crippen molar-refractivity contribution in [1.82, 2.24) is 9.97 Å². The Morgan fingerprint density at radius 2 is 2.16 bits per heavy atom. The van der Waals surface area contributed by atoms with Gasteiger partial charge < -0.3 is 5.32 Å². The van der Waals surface area contributed by atoms with Crippen LogP contribution in [0.15, 0.2) is 48.3 Å². The summed E-state index contributed by atoms with van der Waals surface area (Å²) in [6, 6.07) is 3.52. The average Bonchev–Trinajstić information content (AvgIpc) is 2.45. The van der Waals surface area contributed by atoms with Crippen LogP contribution in [0.5, 0.6) is 0 Å². The second kappa shape index (κ2) is 9.86. The molecular formula is C14H17ClN4. The van der Waals surface area contributed by atoms with Crippen LogP contribution in [-0.4, -0.2) is 9.97 Å². The van der Waals surface area contributed by atoms with E-state index in [4.69, 9.17) is 16.9 Å². The van der Waals surface area contributed by atoms with E-state index in [2.05, 4.69) is 21.9 Å². The van der Waals surface area contributed by atoms with Gasteiger partial charge in [-0.15, -0.1) is 0 Å². The number of allylic oxidation sites excluding steroid dienone is 4. The molecule has 0 aromatic carbocycles. The molecule has 19 heavy (non-hydrogen) atoms. The number of nitrogens with one attached hydrogen (secondary N) is 1. The molecule has 5 heteroatoms. The summed E-state index contributed by atoms with van der Waals surface area (Å²) in [4.78, 5) is 8.00. The van der Waals surface area contributed by atoms with Crippen molar-refractivity contribution in [2.45, 2.75) is 20.8 Å². The second-order valence-electron chi connectivity index (χ2n) is 3.04. The minimum absolute atomic E-state index is 0.364. The van der Waals surface area contributed by atoms with E-state index in [9.17, 15) is 0 Å². The number of nitriles is 1. The number of halogens is 1. The summed E-state index contributed by atoms with van der Waals surface area (Å²) in [6.45, 7) is 9.40. The van der Waals surface area contributed by atoms with Crippen LogP contribution >= 0.6 is 11.6 Å². The fraction of sp³-hybridized carbons (Fsp3) is 0.214. The Kier molecular flexibility index (Phi) is 8.76. The quantitative estimate of drug-likeness (QED) is 0.511. The standard InChI is InChI=1S/C12H11ClN4.C2H6/c1-3-10(5-4-9(2)8-14)16-12-15-7-6-11(13)17-12;1-2/h3-7H,2H2,1H3,(H,15,16,17);1-2H3/b5-4-,10-3+;. The normalized spacial score (nSPS) is 10.4. The Morgan fingerprint density at radius 1 is 1.47 bits per heavy atom. The number of hydrogen-bond acceptors (Lipinski definition) is 4. The van der Waals surface area contributed by atoms with E-state index in [0.29, 0.717) is 16.7 Å². The molecular weight excluding hydrogens is 260 g/mol. The maximum atomic E-state index is 8.56. The monoisotopic (exact) mass is 276 g/mol. The van der Waals surface area contributed by atoms with Crippen LogP contribution in [0.3, 0.4) is 0 Å². The summed E-state index contributed by atoms with van der Waals surface area (Å²) in [5.74, 6) is 0.401. The molecule has 0 saturated carbocycles. The molecule has 1 heterocycles. The molecule has 1 N–H and O–H groups in total. The number of aromatic nitrogens is 2. The van der Waals surface area contributed by atoms with E-state index < -0.39 is 0 Å². The van der Waals surface area contributed by atoms with E-state index >= 15 is 0 Å². The van der Waals surface area contributed by atoms with E-state index in [1.54, 1.807) is 24.4 Å². The zero-order chi connectivity index (χ0) is 14.7. The Labute approximate surface area is 119 Å². The van der Waals surface area contributed by atoms with Crippen LogP contribution in [0.4, 0.5) is 5.95 Å². The van der Waals surface area contributed by atoms with Crippen molar-refractivity contribution in [3.63, 3.8) is 0 Å². The van der Waals surface area contributed by atoms with Gasteiger partial charge in [0, 0.05) is 17.5 Å². The van der Waals surface area contributed by atoms with Gasteiger partial charge in [-0.25, -0.2) is 9.97 Å². The van der Waals surface area contributed by atoms with E-state index in [-0.39, 0.29) is 0 Å². The summed E-state index contributed by atoms with van der Waals surface area (Å²) in [5, 5.41) is 11.9. The molecule has 0 radical (unpaired) electrons. The highest BCUT2D eigenvalue weighted by Crippen LogP contribution is 2.09. The molecule has 0 aliphatic rings. The third-order valence-electron chi connectivity index (χ3n) is 1.80. The first-order chi connectivity index (χ1) is 9.15. The predicted molar refractivity (Wildman–Crippen MR) is 79.7 cm³/mol. The molecule has 0 aliphatic heterocycles. The van der Waals surface area contributed by atoms with Gasteiger partial charge in [-0.2, -0.15) is 5.26 Å². The third-order valence-corrected chi connectivity index (χ3v) is 2.01. The minimum atomic E-state index is 0.364. The highest BCUT2D eigenvalue weighted by atomic mass is 35.5. The number of rotatable bonds is 4. The number of anilines is 1. The summed E-state index contributed by atoms with van der Waals surface area (Å²) in [6.07, 6.45) is 6.71. The van der Waals surface area contributed by atoms with E-state index in [1.807, 2.05) is 32.9 Å². The largest absolute Gasteiger partial charge is 0.324 e. The van der Waals surface area contributed by atoms with Crippen LogP contribution in [-0.2, 0) is 0 Å². The molecule has 1 aromatic rings. The van der Waals surface area contributed by atoms with Gasteiger partial charge in [0.25, 0.3) is 0 Å². The maximum absolute atomic E-state index is 8.56. The van der Waals surface area contributed by atoms with Gasteiger partial charge in [0.15, 0.2) is 0 Å². The van der Waals surface area contributed by atoms with Crippen LogP contribution < -0.4 is 5.32 Å². The van der Waals surface area contributed by atoms with Crippen LogP contribution in [0.1, 0.15) is 20.8 Å². The Morgan fingerprint density at radius 3 is 2.68 bits per heavy atom. The Bertz CT molecular complexity index is 512. The van der Waals surface area contributed by atoms with E-state index in [0.717, 1.165) is 5.70 Å². The fourth-order valence-electron chi connectivity index (χ4n) is 0.964. The lowest BCUT2D eigenvalue weighted by atomic mass is 10.2. The second-order valence-corrected chi connectivity index (χ2v) is 3.43. The Balaban J connectivity index is 0.00000154. The fourth-order valence-corrected chi connectivity index (χ4v) is 1.10. The highest BCUT2D eigenvalue weighted by molar-refractivity contribution is 6.29. The highest BCUT2D eigenvalue weighted by Gasteiger charge is 1.98. The zero-order valence-corrected chi connectivity index (χ0v) is 12.1. The van der Waals surface area contributed by atoms with Crippen molar-refractivity contribution >= 4 is 17.5 Å². The molecule has 100 valence electrons. The van der Waals surface area contributed by atoms with Gasteiger partial charge in [0.1, 0.15) is 5.15 Å². The van der Waals surface area contributed by atoms with Gasteiger partial charge >= 0.3 is 0 Å². The summed E-state index contributed by atoms with van der Waals surface area (Å²) < 4.78 is 0. The minimum Gasteiger partial charge on any atom is -0.324 e. The Hall–Kier alpha value is -2.12. The molecule has 0 atom stereocenters. The van der Waals surface area contributed by atoms with Crippen molar-refractivity contribution in [3.05, 3.63) is 53.5 Å². The molecule has 4 nitrogen and oxygen atoms in total. The van der Waals surface area contributed by atoms with E-state index in [1.165, 1.54) is 0 Å². The smallest absolute Gasteiger partial charge is 0.228 e. The van der Waals surface area contributed by atoms with Crippen molar-refractivity contribution in [1.29, 1.82) is 5.26 Å². The first-order valence-corrected chi connectivity index (χ1v) is 6.22. The summed E-state index contributed by atoms with van der Waals surface area (Å²) in [7, 11) is 0. The topological polar surface area (TPSA) is 61.6 Å². The molecule has 0 aliphatic carbocycles. The van der Waals surface area contributed by atoms with Crippen LogP contribution in [0.25, 0.3) is 0 Å². The van der Waals surface area contributed by atoms with Crippen molar-refractivity contribution in [2.24, 2.45) is 0 Å². The van der Waals surface area contributed by atoms with Gasteiger partial charge in [-0.05, 0) is 25.1 Å². The first-order valence-electron chi connectivity index (χ1n) is 5.84. The predicted octanol–water partition coefficient (Wildman–Crippen LogP) is 4.11. The molecule has 0 amide bonds. The average molecular weight is 277 g/mol. The van der Waals surface area contributed by atoms with Gasteiger partial charge in [0.05, 0.1) is 6.07 Å². The van der Waals surface area contributed by atoms with Gasteiger partial charge in [-0.1, -0.05) is 38.1 Å². The van der Waals surface area contributed by atoms with Crippen LogP contribution in [0, 0.1) is 11.3 Å². The molecule has 0 saturated heterocycles. The SMILES string of the molecule is C=C(C#N)/C=C\C(=C/C)Nc1nccc(Cl)n1.CC. The molecule has 0 unspecified atom stereocenters. The lowest BCUT2D eigenvalue weighted by molar-refractivity contribution is 1.15. The number of hydrogen-bond donors (Lipinski definition) is 1. The van der Waals surface area contributed by atoms with Crippen molar-refractivity contribution in [2.75, 3.05) is 5.32 Å². The molecule has 1 rings (SSSR count). The molecule has 0 bridgehead atoms. The zero-order valence-electron chi connectivity index (χ0n) is 11.3. The number of nitrogens with zero attached hydrogens (tertiary/aromatic N) is 3. The summed E-state index contributed by atoms with van der Waals surface area (Å²) in [5.41, 5.74) is 1.13. The lowest BCUT2D eigenvalue weighted by Crippen LogP contribution is -2.01. The lowest BCUT2D eigenvalue weighted by Gasteiger charge is -2.04. The van der Waals surface area contributed by atoms with Gasteiger partial charge in [-0.3, -0.25) is 0 Å². The molecule has 0 fully saturated rings. The van der Waals surface area contributed by atoms with Crippen molar-refractivity contribution < 1.29 is 0 Å². The van der Waals surface area contributed by atoms with Gasteiger partial charge in [0.2, 0.25) is 5.95 Å². The third kappa shape index (κ3) is 7.02.